The van der Waals surface area contributed by atoms with Gasteiger partial charge in [-0.2, -0.15) is 8.61 Å². The fraction of sp³-hybridized carbons (Fsp3) is 0.556. The van der Waals surface area contributed by atoms with Gasteiger partial charge in [0.15, 0.2) is 6.29 Å². The fourth-order valence-corrected chi connectivity index (χ4v) is 8.12. The zero-order valence-corrected chi connectivity index (χ0v) is 21.0. The van der Waals surface area contributed by atoms with E-state index in [4.69, 9.17) is 9.57 Å². The van der Waals surface area contributed by atoms with Crippen LogP contribution in [-0.2, 0) is 34.4 Å². The van der Waals surface area contributed by atoms with Crippen molar-refractivity contribution in [2.24, 2.45) is 0 Å². The average molecular weight is 537 g/mol. The molecule has 2 atom stereocenters. The van der Waals surface area contributed by atoms with Gasteiger partial charge in [0.2, 0.25) is 10.0 Å². The summed E-state index contributed by atoms with van der Waals surface area (Å²) in [5.41, 5.74) is 2.28. The van der Waals surface area contributed by atoms with Crippen molar-refractivity contribution in [1.82, 2.24) is 19.1 Å². The van der Waals surface area contributed by atoms with Crippen LogP contribution in [0.1, 0.15) is 19.3 Å². The molecule has 0 radical (unpaired) electrons. The molecule has 2 aromatic heterocycles. The van der Waals surface area contributed by atoms with Crippen LogP contribution in [0, 0.1) is 0 Å². The number of thiazole rings is 1. The van der Waals surface area contributed by atoms with Crippen molar-refractivity contribution in [1.29, 1.82) is 0 Å². The zero-order valence-electron chi connectivity index (χ0n) is 17.7. The molecule has 0 aliphatic carbocycles. The number of rotatable bonds is 7. The lowest BCUT2D eigenvalue weighted by Gasteiger charge is -2.38. The lowest BCUT2D eigenvalue weighted by Crippen LogP contribution is -2.61. The molecule has 2 saturated heterocycles. The van der Waals surface area contributed by atoms with E-state index in [2.05, 4.69) is 10.5 Å². The molecule has 1 amide bonds. The molecule has 15 heteroatoms. The third-order valence-corrected chi connectivity index (χ3v) is 11.0. The van der Waals surface area contributed by atoms with Gasteiger partial charge in [0.25, 0.3) is 15.9 Å². The van der Waals surface area contributed by atoms with E-state index in [9.17, 15) is 21.6 Å². The molecular formula is C18H24N4O7S4. The molecule has 4 heterocycles. The molecule has 2 aliphatic rings. The lowest BCUT2D eigenvalue weighted by atomic mass is 10.2. The first kappa shape index (κ1) is 24.7. The minimum atomic E-state index is -4.08. The van der Waals surface area contributed by atoms with E-state index in [-0.39, 0.29) is 23.8 Å². The zero-order chi connectivity index (χ0) is 23.6. The molecule has 182 valence electrons. The van der Waals surface area contributed by atoms with Crippen LogP contribution in [0.2, 0.25) is 0 Å². The molecule has 2 fully saturated rings. The second kappa shape index (κ2) is 10.0. The molecule has 0 spiro atoms. The maximum Gasteiger partial charge on any atom is 0.263 e. The van der Waals surface area contributed by atoms with Crippen molar-refractivity contribution in [2.75, 3.05) is 32.5 Å². The minimum absolute atomic E-state index is 0.0508. The van der Waals surface area contributed by atoms with Crippen LogP contribution in [0.5, 0.6) is 0 Å². The van der Waals surface area contributed by atoms with Crippen LogP contribution < -0.4 is 5.48 Å². The second-order valence-corrected chi connectivity index (χ2v) is 13.7. The summed E-state index contributed by atoms with van der Waals surface area (Å²) in [6.45, 7) is -0.0350. The van der Waals surface area contributed by atoms with Crippen LogP contribution in [-0.4, -0.2) is 81.2 Å². The molecule has 33 heavy (non-hydrogen) atoms. The molecule has 11 nitrogen and oxygen atoms in total. The number of nitrogens with zero attached hydrogens (tertiary/aromatic N) is 3. The van der Waals surface area contributed by atoms with Gasteiger partial charge in [0.05, 0.1) is 11.1 Å². The SMILES string of the molecule is CS(=O)(=O)N1CCN(S(=O)(=O)c2ccc(-c3nccs3)s2)[C@@H](C(=O)NOC2CCCCO2)C1. The quantitative estimate of drug-likeness (QED) is 0.520. The number of piperazine rings is 1. The Morgan fingerprint density at radius 3 is 2.73 bits per heavy atom. The molecule has 0 bridgehead atoms. The number of hydroxylamine groups is 1. The van der Waals surface area contributed by atoms with E-state index in [1.165, 1.54) is 17.4 Å². The molecule has 1 N–H and O–H groups in total. The van der Waals surface area contributed by atoms with E-state index in [0.717, 1.165) is 39.0 Å². The highest BCUT2D eigenvalue weighted by Gasteiger charge is 2.43. The van der Waals surface area contributed by atoms with Crippen LogP contribution in [0.25, 0.3) is 9.88 Å². The van der Waals surface area contributed by atoms with Crippen molar-refractivity contribution in [3.8, 4) is 9.88 Å². The first-order chi connectivity index (χ1) is 15.7. The van der Waals surface area contributed by atoms with Crippen LogP contribution in [0.4, 0.5) is 0 Å². The predicted molar refractivity (Wildman–Crippen MR) is 122 cm³/mol. The summed E-state index contributed by atoms with van der Waals surface area (Å²) in [6.07, 6.45) is 4.41. The van der Waals surface area contributed by atoms with Gasteiger partial charge in [-0.25, -0.2) is 32.1 Å². The summed E-state index contributed by atoms with van der Waals surface area (Å²) < 4.78 is 58.7. The molecule has 1 unspecified atom stereocenters. The van der Waals surface area contributed by atoms with Crippen LogP contribution in [0.15, 0.2) is 27.9 Å². The number of carbonyl (C=O) groups excluding carboxylic acids is 1. The first-order valence-electron chi connectivity index (χ1n) is 10.2. The van der Waals surface area contributed by atoms with Gasteiger partial charge in [-0.05, 0) is 25.0 Å². The van der Waals surface area contributed by atoms with Crippen molar-refractivity contribution < 1.29 is 31.2 Å². The third-order valence-electron chi connectivity index (χ3n) is 5.28. The number of hydrogen-bond acceptors (Lipinski definition) is 10. The summed E-state index contributed by atoms with van der Waals surface area (Å²) in [5, 5.41) is 2.49. The number of thiophene rings is 1. The Kier molecular flexibility index (Phi) is 7.50. The van der Waals surface area contributed by atoms with Gasteiger partial charge in [0.1, 0.15) is 15.3 Å². The number of carbonyl (C=O) groups is 1. The van der Waals surface area contributed by atoms with Crippen molar-refractivity contribution in [3.05, 3.63) is 23.7 Å². The molecule has 0 saturated carbocycles. The molecule has 0 aromatic carbocycles. The van der Waals surface area contributed by atoms with Gasteiger partial charge in [0, 0.05) is 44.2 Å². The molecule has 4 rings (SSSR count). The Hall–Kier alpha value is -1.46. The number of amides is 1. The largest absolute Gasteiger partial charge is 0.350 e. The first-order valence-corrected chi connectivity index (χ1v) is 15.2. The van der Waals surface area contributed by atoms with E-state index in [1.807, 2.05) is 0 Å². The Morgan fingerprint density at radius 2 is 2.06 bits per heavy atom. The summed E-state index contributed by atoms with van der Waals surface area (Å²) in [7, 11) is -7.70. The number of aromatic nitrogens is 1. The smallest absolute Gasteiger partial charge is 0.263 e. The van der Waals surface area contributed by atoms with E-state index >= 15 is 0 Å². The highest BCUT2D eigenvalue weighted by atomic mass is 32.2. The van der Waals surface area contributed by atoms with Gasteiger partial charge in [-0.15, -0.1) is 22.7 Å². The monoisotopic (exact) mass is 536 g/mol. The van der Waals surface area contributed by atoms with Gasteiger partial charge in [-0.1, -0.05) is 0 Å². The number of hydrogen-bond donors (Lipinski definition) is 1. The normalized spacial score (nSPS) is 23.4. The number of sulfonamides is 2. The Balaban J connectivity index is 1.56. The predicted octanol–water partition coefficient (Wildman–Crippen LogP) is 1.08. The number of nitrogens with one attached hydrogen (secondary N) is 1. The van der Waals surface area contributed by atoms with E-state index < -0.39 is 38.3 Å². The Bertz CT molecular complexity index is 1170. The minimum Gasteiger partial charge on any atom is -0.350 e. The number of ether oxygens (including phenoxy) is 1. The lowest BCUT2D eigenvalue weighted by molar-refractivity contribution is -0.202. The molecule has 2 aliphatic heterocycles. The van der Waals surface area contributed by atoms with Crippen LogP contribution >= 0.6 is 22.7 Å². The molecule has 2 aromatic rings. The maximum atomic E-state index is 13.5. The topological polar surface area (TPSA) is 135 Å². The molecular weight excluding hydrogens is 512 g/mol. The highest BCUT2D eigenvalue weighted by molar-refractivity contribution is 7.91. The highest BCUT2D eigenvalue weighted by Crippen LogP contribution is 2.34. The van der Waals surface area contributed by atoms with Crippen LogP contribution in [0.3, 0.4) is 0 Å². The van der Waals surface area contributed by atoms with Crippen molar-refractivity contribution in [2.45, 2.75) is 35.8 Å². The van der Waals surface area contributed by atoms with Gasteiger partial charge in [-0.3, -0.25) is 4.79 Å². The summed E-state index contributed by atoms with van der Waals surface area (Å²) >= 11 is 2.44. The van der Waals surface area contributed by atoms with Crippen molar-refractivity contribution in [3.63, 3.8) is 0 Å². The standard InChI is InChI=1S/C18H24N4O7S4/c1-32(24,25)21-8-9-22(13(12-21)17(23)20-29-15-4-2-3-10-28-15)33(26,27)16-6-5-14(31-16)18-19-7-11-30-18/h5-7,11,13,15H,2-4,8-10,12H2,1H3,(H,20,23)/t13-,15?/m1/s1. The maximum absolute atomic E-state index is 13.5. The Morgan fingerprint density at radius 1 is 1.24 bits per heavy atom. The van der Waals surface area contributed by atoms with Gasteiger partial charge < -0.3 is 4.74 Å². The van der Waals surface area contributed by atoms with Gasteiger partial charge >= 0.3 is 0 Å². The fourth-order valence-electron chi connectivity index (χ4n) is 3.57. The third kappa shape index (κ3) is 5.62. The van der Waals surface area contributed by atoms with E-state index in [0.29, 0.717) is 22.9 Å². The van der Waals surface area contributed by atoms with Crippen molar-refractivity contribution >= 4 is 48.6 Å². The second-order valence-electron chi connectivity index (χ2n) is 7.59. The summed E-state index contributed by atoms with van der Waals surface area (Å²) in [4.78, 5) is 23.2. The van der Waals surface area contributed by atoms with E-state index in [1.54, 1.807) is 17.6 Å². The summed E-state index contributed by atoms with van der Waals surface area (Å²) in [6, 6.07) is 1.84. The summed E-state index contributed by atoms with van der Waals surface area (Å²) in [5.74, 6) is -0.752. The average Bonchev–Trinajstić information content (AvgIpc) is 3.49. The Labute approximate surface area is 200 Å².